The van der Waals surface area contributed by atoms with Gasteiger partial charge in [0.25, 0.3) is 0 Å². The Morgan fingerprint density at radius 3 is 2.84 bits per heavy atom. The Morgan fingerprint density at radius 2 is 2.16 bits per heavy atom. The van der Waals surface area contributed by atoms with E-state index in [1.807, 2.05) is 11.4 Å². The van der Waals surface area contributed by atoms with Gasteiger partial charge in [0, 0.05) is 17.7 Å². The van der Waals surface area contributed by atoms with Gasteiger partial charge in [-0.2, -0.15) is 0 Å². The molecule has 19 heavy (non-hydrogen) atoms. The molecule has 2 rings (SSSR count). The van der Waals surface area contributed by atoms with Crippen LogP contribution in [-0.2, 0) is 17.6 Å². The molecular formula is C15H14ClFOS. The number of halogens is 2. The molecule has 4 heteroatoms. The van der Waals surface area contributed by atoms with Crippen LogP contribution in [0.5, 0.6) is 0 Å². The normalized spacial score (nSPS) is 10.6. The smallest absolute Gasteiger partial charge is 0.142 e. The van der Waals surface area contributed by atoms with Gasteiger partial charge in [0.2, 0.25) is 0 Å². The van der Waals surface area contributed by atoms with Crippen LogP contribution >= 0.6 is 22.9 Å². The number of carbonyl (C=O) groups excluding carboxylic acids is 1. The van der Waals surface area contributed by atoms with Gasteiger partial charge in [0.05, 0.1) is 5.02 Å². The van der Waals surface area contributed by atoms with E-state index < -0.39 is 5.82 Å². The molecule has 2 aromatic rings. The van der Waals surface area contributed by atoms with Gasteiger partial charge in [-0.05, 0) is 42.0 Å². The molecule has 0 saturated heterocycles. The van der Waals surface area contributed by atoms with E-state index in [1.165, 1.54) is 17.0 Å². The van der Waals surface area contributed by atoms with Crippen LogP contribution in [0.4, 0.5) is 4.39 Å². The van der Waals surface area contributed by atoms with E-state index in [4.69, 9.17) is 11.6 Å². The summed E-state index contributed by atoms with van der Waals surface area (Å²) >= 11 is 7.31. The molecule has 0 radical (unpaired) electrons. The Balaban J connectivity index is 1.79. The first-order chi connectivity index (χ1) is 9.15. The first-order valence-electron chi connectivity index (χ1n) is 6.13. The third kappa shape index (κ3) is 4.44. The van der Waals surface area contributed by atoms with E-state index in [2.05, 4.69) is 6.07 Å². The lowest BCUT2D eigenvalue weighted by atomic mass is 10.0. The van der Waals surface area contributed by atoms with Crippen LogP contribution in [0.15, 0.2) is 35.7 Å². The summed E-state index contributed by atoms with van der Waals surface area (Å²) in [6.07, 6.45) is 2.58. The first kappa shape index (κ1) is 14.2. The average molecular weight is 297 g/mol. The maximum atomic E-state index is 13.2. The third-order valence-electron chi connectivity index (χ3n) is 2.84. The van der Waals surface area contributed by atoms with Crippen molar-refractivity contribution in [3.05, 3.63) is 57.0 Å². The second-order valence-corrected chi connectivity index (χ2v) is 5.84. The lowest BCUT2D eigenvalue weighted by molar-refractivity contribution is -0.118. The number of hydrogen-bond acceptors (Lipinski definition) is 2. The molecule has 0 aliphatic carbocycles. The Labute approximate surface area is 121 Å². The van der Waals surface area contributed by atoms with Crippen molar-refractivity contribution in [3.8, 4) is 0 Å². The third-order valence-corrected chi connectivity index (χ3v) is 4.09. The Hall–Kier alpha value is -1.19. The molecular weight excluding hydrogens is 283 g/mol. The fourth-order valence-corrected chi connectivity index (χ4v) is 2.75. The Kier molecular flexibility index (Phi) is 5.11. The lowest BCUT2D eigenvalue weighted by Crippen LogP contribution is -2.03. The lowest BCUT2D eigenvalue weighted by Gasteiger charge is -2.02. The summed E-state index contributed by atoms with van der Waals surface area (Å²) < 4.78 is 13.2. The van der Waals surface area contributed by atoms with Crippen LogP contribution in [0.2, 0.25) is 5.02 Å². The van der Waals surface area contributed by atoms with E-state index in [9.17, 15) is 9.18 Å². The minimum absolute atomic E-state index is 0.0916. The minimum Gasteiger partial charge on any atom is -0.299 e. The minimum atomic E-state index is -0.467. The van der Waals surface area contributed by atoms with Crippen molar-refractivity contribution in [2.24, 2.45) is 0 Å². The summed E-state index contributed by atoms with van der Waals surface area (Å²) in [5.41, 5.74) is 0.683. The predicted octanol–water partition coefficient (Wildman–Crippen LogP) is 4.68. The number of rotatable bonds is 6. The molecule has 0 spiro atoms. The topological polar surface area (TPSA) is 17.1 Å². The number of carbonyl (C=O) groups is 1. The van der Waals surface area contributed by atoms with Gasteiger partial charge in [-0.25, -0.2) is 4.39 Å². The van der Waals surface area contributed by atoms with Gasteiger partial charge in [-0.3, -0.25) is 4.79 Å². The summed E-state index contributed by atoms with van der Waals surface area (Å²) in [6, 6.07) is 8.61. The highest BCUT2D eigenvalue weighted by Crippen LogP contribution is 2.17. The fourth-order valence-electron chi connectivity index (χ4n) is 1.88. The maximum Gasteiger partial charge on any atom is 0.142 e. The average Bonchev–Trinajstić information content (AvgIpc) is 2.87. The van der Waals surface area contributed by atoms with Crippen LogP contribution in [-0.4, -0.2) is 5.78 Å². The highest BCUT2D eigenvalue weighted by atomic mass is 35.5. The fraction of sp³-hybridized carbons (Fsp3) is 0.267. The highest BCUT2D eigenvalue weighted by molar-refractivity contribution is 7.09. The van der Waals surface area contributed by atoms with Crippen LogP contribution < -0.4 is 0 Å². The van der Waals surface area contributed by atoms with Crippen LogP contribution in [0.3, 0.4) is 0 Å². The van der Waals surface area contributed by atoms with Crippen molar-refractivity contribution in [3.63, 3.8) is 0 Å². The molecule has 0 aliphatic rings. The molecule has 1 aromatic carbocycles. The van der Waals surface area contributed by atoms with E-state index >= 15 is 0 Å². The van der Waals surface area contributed by atoms with Crippen molar-refractivity contribution in [2.75, 3.05) is 0 Å². The van der Waals surface area contributed by atoms with E-state index in [0.29, 0.717) is 12.0 Å². The standard InChI is InChI=1S/C15H14ClFOS/c16-14-7-6-11(10-15(14)17)9-12(18)3-1-4-13-5-2-8-19-13/h2,5-8,10H,1,3-4,9H2. The van der Waals surface area contributed by atoms with Gasteiger partial charge in [-0.15, -0.1) is 11.3 Å². The van der Waals surface area contributed by atoms with E-state index in [-0.39, 0.29) is 17.2 Å². The van der Waals surface area contributed by atoms with Crippen molar-refractivity contribution in [1.82, 2.24) is 0 Å². The van der Waals surface area contributed by atoms with Crippen LogP contribution in [0.1, 0.15) is 23.3 Å². The Bertz CT molecular complexity index is 551. The summed E-state index contributed by atoms with van der Waals surface area (Å²) in [7, 11) is 0. The quantitative estimate of drug-likeness (QED) is 0.757. The summed E-state index contributed by atoms with van der Waals surface area (Å²) in [4.78, 5) is 13.1. The Morgan fingerprint density at radius 1 is 1.32 bits per heavy atom. The monoisotopic (exact) mass is 296 g/mol. The molecule has 1 nitrogen and oxygen atoms in total. The molecule has 0 unspecified atom stereocenters. The second-order valence-electron chi connectivity index (χ2n) is 4.40. The van der Waals surface area contributed by atoms with Crippen molar-refractivity contribution in [2.45, 2.75) is 25.7 Å². The second kappa shape index (κ2) is 6.83. The number of benzene rings is 1. The molecule has 0 saturated carbocycles. The van der Waals surface area contributed by atoms with Crippen LogP contribution in [0, 0.1) is 5.82 Å². The maximum absolute atomic E-state index is 13.2. The summed E-state index contributed by atoms with van der Waals surface area (Å²) in [5, 5.41) is 2.13. The molecule has 0 N–H and O–H groups in total. The van der Waals surface area contributed by atoms with Crippen molar-refractivity contribution >= 4 is 28.7 Å². The molecule has 0 bridgehead atoms. The van der Waals surface area contributed by atoms with Gasteiger partial charge >= 0.3 is 0 Å². The zero-order chi connectivity index (χ0) is 13.7. The van der Waals surface area contributed by atoms with E-state index in [1.54, 1.807) is 17.4 Å². The van der Waals surface area contributed by atoms with E-state index in [0.717, 1.165) is 12.8 Å². The van der Waals surface area contributed by atoms with Gasteiger partial charge in [0.15, 0.2) is 0 Å². The number of thiophene rings is 1. The number of hydrogen-bond donors (Lipinski definition) is 0. The molecule has 0 amide bonds. The van der Waals surface area contributed by atoms with Crippen molar-refractivity contribution in [1.29, 1.82) is 0 Å². The SMILES string of the molecule is O=C(CCCc1cccs1)Cc1ccc(Cl)c(F)c1. The predicted molar refractivity (Wildman–Crippen MR) is 77.4 cm³/mol. The summed E-state index contributed by atoms with van der Waals surface area (Å²) in [6.45, 7) is 0. The zero-order valence-corrected chi connectivity index (χ0v) is 11.9. The number of ketones is 1. The number of Topliss-reactive ketones (excluding diaryl/α,β-unsaturated/α-hetero) is 1. The molecule has 100 valence electrons. The largest absolute Gasteiger partial charge is 0.299 e. The molecule has 0 atom stereocenters. The van der Waals surface area contributed by atoms with Crippen LogP contribution in [0.25, 0.3) is 0 Å². The molecule has 1 aromatic heterocycles. The van der Waals surface area contributed by atoms with Gasteiger partial charge in [0.1, 0.15) is 11.6 Å². The first-order valence-corrected chi connectivity index (χ1v) is 7.39. The van der Waals surface area contributed by atoms with Gasteiger partial charge < -0.3 is 0 Å². The van der Waals surface area contributed by atoms with Crippen molar-refractivity contribution < 1.29 is 9.18 Å². The molecule has 0 fully saturated rings. The highest BCUT2D eigenvalue weighted by Gasteiger charge is 2.07. The zero-order valence-electron chi connectivity index (χ0n) is 10.4. The summed E-state index contributed by atoms with van der Waals surface area (Å²) in [5.74, 6) is -0.330. The number of aryl methyl sites for hydroxylation is 1. The molecule has 0 aliphatic heterocycles. The molecule has 1 heterocycles. The van der Waals surface area contributed by atoms with Gasteiger partial charge in [-0.1, -0.05) is 23.7 Å².